The molecule has 0 unspecified atom stereocenters. The van der Waals surface area contributed by atoms with Crippen LogP contribution in [0.4, 0.5) is 0 Å². The standard InChI is InChI=1S/C23H27BrN2O2/c1-23(2,3)19-9-5-17(6-10-19)21(27)25-13-4-14-26(16-15-25)22(28)18-7-11-20(24)12-8-18/h5-12H,4,13-16H2,1-3H3. The minimum Gasteiger partial charge on any atom is -0.337 e. The van der Waals surface area contributed by atoms with Gasteiger partial charge in [0.05, 0.1) is 0 Å². The van der Waals surface area contributed by atoms with Crippen LogP contribution in [0.5, 0.6) is 0 Å². The number of hydrogen-bond acceptors (Lipinski definition) is 2. The van der Waals surface area contributed by atoms with Crippen LogP contribution in [0.1, 0.15) is 53.5 Å². The van der Waals surface area contributed by atoms with Crippen LogP contribution in [0.2, 0.25) is 0 Å². The molecule has 1 aliphatic heterocycles. The molecule has 0 atom stereocenters. The third-order valence-corrected chi connectivity index (χ3v) is 5.69. The summed E-state index contributed by atoms with van der Waals surface area (Å²) in [5.74, 6) is 0.0646. The molecule has 5 heteroatoms. The van der Waals surface area contributed by atoms with Crippen molar-refractivity contribution < 1.29 is 9.59 Å². The molecule has 3 rings (SSSR count). The summed E-state index contributed by atoms with van der Waals surface area (Å²) in [4.78, 5) is 29.4. The lowest BCUT2D eigenvalue weighted by molar-refractivity contribution is 0.0718. The average molecular weight is 443 g/mol. The van der Waals surface area contributed by atoms with Crippen molar-refractivity contribution in [2.24, 2.45) is 0 Å². The fourth-order valence-corrected chi connectivity index (χ4v) is 3.66. The van der Waals surface area contributed by atoms with E-state index in [9.17, 15) is 9.59 Å². The SMILES string of the molecule is CC(C)(C)c1ccc(C(=O)N2CCCN(C(=O)c3ccc(Br)cc3)CC2)cc1. The van der Waals surface area contributed by atoms with Gasteiger partial charge in [0.25, 0.3) is 11.8 Å². The van der Waals surface area contributed by atoms with Crippen LogP contribution in [0.15, 0.2) is 53.0 Å². The molecule has 2 aromatic rings. The maximum atomic E-state index is 12.9. The van der Waals surface area contributed by atoms with E-state index < -0.39 is 0 Å². The average Bonchev–Trinajstić information content (AvgIpc) is 2.93. The molecule has 0 N–H and O–H groups in total. The summed E-state index contributed by atoms with van der Waals surface area (Å²) in [5, 5.41) is 0. The highest BCUT2D eigenvalue weighted by Gasteiger charge is 2.24. The molecule has 1 heterocycles. The van der Waals surface area contributed by atoms with Crippen LogP contribution in [0.25, 0.3) is 0 Å². The first-order valence-corrected chi connectivity index (χ1v) is 10.5. The maximum absolute atomic E-state index is 12.9. The van der Waals surface area contributed by atoms with Gasteiger partial charge in [-0.05, 0) is 53.8 Å². The van der Waals surface area contributed by atoms with E-state index in [1.54, 1.807) is 0 Å². The van der Waals surface area contributed by atoms with E-state index in [1.165, 1.54) is 5.56 Å². The van der Waals surface area contributed by atoms with E-state index in [0.29, 0.717) is 37.3 Å². The van der Waals surface area contributed by atoms with Crippen molar-refractivity contribution in [3.63, 3.8) is 0 Å². The number of nitrogens with zero attached hydrogens (tertiary/aromatic N) is 2. The summed E-state index contributed by atoms with van der Waals surface area (Å²) in [5.41, 5.74) is 2.67. The van der Waals surface area contributed by atoms with Crippen LogP contribution in [0.3, 0.4) is 0 Å². The largest absolute Gasteiger partial charge is 0.337 e. The smallest absolute Gasteiger partial charge is 0.253 e. The fourth-order valence-electron chi connectivity index (χ4n) is 3.39. The molecule has 2 aromatic carbocycles. The molecule has 4 nitrogen and oxygen atoms in total. The van der Waals surface area contributed by atoms with Crippen molar-refractivity contribution in [3.8, 4) is 0 Å². The highest BCUT2D eigenvalue weighted by Crippen LogP contribution is 2.23. The van der Waals surface area contributed by atoms with E-state index in [1.807, 2.05) is 58.3 Å². The van der Waals surface area contributed by atoms with Gasteiger partial charge < -0.3 is 9.80 Å². The van der Waals surface area contributed by atoms with Gasteiger partial charge in [0.1, 0.15) is 0 Å². The Bertz CT molecular complexity index is 838. The highest BCUT2D eigenvalue weighted by atomic mass is 79.9. The first kappa shape index (κ1) is 20.6. The summed E-state index contributed by atoms with van der Waals surface area (Å²) >= 11 is 3.40. The Balaban J connectivity index is 1.65. The molecular weight excluding hydrogens is 416 g/mol. The summed E-state index contributed by atoms with van der Waals surface area (Å²) in [6.07, 6.45) is 0.786. The van der Waals surface area contributed by atoms with E-state index in [2.05, 4.69) is 36.7 Å². The topological polar surface area (TPSA) is 40.6 Å². The summed E-state index contributed by atoms with van der Waals surface area (Å²) in [6, 6.07) is 15.3. The van der Waals surface area contributed by atoms with Crippen LogP contribution in [0, 0.1) is 0 Å². The number of rotatable bonds is 2. The molecule has 0 spiro atoms. The van der Waals surface area contributed by atoms with Crippen molar-refractivity contribution in [3.05, 3.63) is 69.7 Å². The van der Waals surface area contributed by atoms with Crippen molar-refractivity contribution in [1.29, 1.82) is 0 Å². The molecule has 28 heavy (non-hydrogen) atoms. The van der Waals surface area contributed by atoms with Gasteiger partial charge in [-0.3, -0.25) is 9.59 Å². The molecular formula is C23H27BrN2O2. The van der Waals surface area contributed by atoms with Crippen molar-refractivity contribution >= 4 is 27.7 Å². The third-order valence-electron chi connectivity index (χ3n) is 5.16. The number of carbonyl (C=O) groups is 2. The van der Waals surface area contributed by atoms with Crippen molar-refractivity contribution in [1.82, 2.24) is 9.80 Å². The summed E-state index contributed by atoms with van der Waals surface area (Å²) in [6.45, 7) is 8.94. The van der Waals surface area contributed by atoms with Crippen LogP contribution in [-0.4, -0.2) is 47.8 Å². The fraction of sp³-hybridized carbons (Fsp3) is 0.391. The second-order valence-electron chi connectivity index (χ2n) is 8.27. The van der Waals surface area contributed by atoms with Gasteiger partial charge in [-0.15, -0.1) is 0 Å². The molecule has 0 aliphatic carbocycles. The first-order chi connectivity index (χ1) is 13.3. The Labute approximate surface area is 175 Å². The Kier molecular flexibility index (Phi) is 6.23. The third kappa shape index (κ3) is 4.82. The zero-order valence-corrected chi connectivity index (χ0v) is 18.3. The van der Waals surface area contributed by atoms with Crippen molar-refractivity contribution in [2.75, 3.05) is 26.2 Å². The van der Waals surface area contributed by atoms with E-state index >= 15 is 0 Å². The Morgan fingerprint density at radius 1 is 0.750 bits per heavy atom. The summed E-state index contributed by atoms with van der Waals surface area (Å²) in [7, 11) is 0. The second-order valence-corrected chi connectivity index (χ2v) is 9.19. The number of amides is 2. The van der Waals surface area contributed by atoms with E-state index in [4.69, 9.17) is 0 Å². The van der Waals surface area contributed by atoms with Gasteiger partial charge in [-0.2, -0.15) is 0 Å². The van der Waals surface area contributed by atoms with E-state index in [0.717, 1.165) is 10.9 Å². The predicted molar refractivity (Wildman–Crippen MR) is 116 cm³/mol. The number of carbonyl (C=O) groups excluding carboxylic acids is 2. The van der Waals surface area contributed by atoms with Crippen LogP contribution < -0.4 is 0 Å². The zero-order chi connectivity index (χ0) is 20.3. The van der Waals surface area contributed by atoms with Gasteiger partial charge in [0, 0.05) is 41.8 Å². The van der Waals surface area contributed by atoms with Crippen molar-refractivity contribution in [2.45, 2.75) is 32.6 Å². The lowest BCUT2D eigenvalue weighted by Gasteiger charge is -2.23. The van der Waals surface area contributed by atoms with Gasteiger partial charge in [-0.25, -0.2) is 0 Å². The quantitative estimate of drug-likeness (QED) is 0.673. The molecule has 1 aliphatic rings. The lowest BCUT2D eigenvalue weighted by Crippen LogP contribution is -2.37. The van der Waals surface area contributed by atoms with Gasteiger partial charge in [-0.1, -0.05) is 48.8 Å². The first-order valence-electron chi connectivity index (χ1n) is 9.70. The Morgan fingerprint density at radius 3 is 1.61 bits per heavy atom. The molecule has 0 bridgehead atoms. The minimum absolute atomic E-state index is 0.0244. The molecule has 148 valence electrons. The lowest BCUT2D eigenvalue weighted by atomic mass is 9.86. The second kappa shape index (κ2) is 8.48. The molecule has 1 fully saturated rings. The maximum Gasteiger partial charge on any atom is 0.253 e. The minimum atomic E-state index is 0.0244. The Morgan fingerprint density at radius 2 is 1.18 bits per heavy atom. The van der Waals surface area contributed by atoms with Crippen LogP contribution in [-0.2, 0) is 5.41 Å². The number of halogens is 1. The Hall–Kier alpha value is -2.14. The monoisotopic (exact) mass is 442 g/mol. The molecule has 0 aromatic heterocycles. The van der Waals surface area contributed by atoms with Crippen LogP contribution >= 0.6 is 15.9 Å². The zero-order valence-electron chi connectivity index (χ0n) is 16.7. The number of hydrogen-bond donors (Lipinski definition) is 0. The molecule has 1 saturated heterocycles. The molecule has 0 radical (unpaired) electrons. The van der Waals surface area contributed by atoms with Gasteiger partial charge in [0.2, 0.25) is 0 Å². The van der Waals surface area contributed by atoms with Gasteiger partial charge in [0.15, 0.2) is 0 Å². The molecule has 2 amide bonds. The normalized spacial score (nSPS) is 15.3. The summed E-state index contributed by atoms with van der Waals surface area (Å²) < 4.78 is 0.953. The van der Waals surface area contributed by atoms with E-state index in [-0.39, 0.29) is 17.2 Å². The molecule has 0 saturated carbocycles. The highest BCUT2D eigenvalue weighted by molar-refractivity contribution is 9.10. The van der Waals surface area contributed by atoms with Gasteiger partial charge >= 0.3 is 0 Å². The predicted octanol–water partition coefficient (Wildman–Crippen LogP) is 4.73. The number of benzene rings is 2.